The number of likely N-dealkylation sites (N-methyl/N-ethyl adjacent to an activating group) is 1. The van der Waals surface area contributed by atoms with E-state index in [1.807, 2.05) is 19.9 Å². The van der Waals surface area contributed by atoms with Gasteiger partial charge >= 0.3 is 6.18 Å². The number of carbonyl (C=O) groups is 1. The van der Waals surface area contributed by atoms with E-state index in [9.17, 15) is 23.1 Å². The topological polar surface area (TPSA) is 94.2 Å². The Hall–Kier alpha value is -3.11. The second-order valence-electron chi connectivity index (χ2n) is 9.13. The van der Waals surface area contributed by atoms with Crippen LogP contribution in [0.25, 0.3) is 0 Å². The first-order valence-electron chi connectivity index (χ1n) is 12.3. The van der Waals surface area contributed by atoms with Crippen LogP contribution in [0.15, 0.2) is 57.9 Å². The first-order chi connectivity index (χ1) is 17.4. The number of phenols is 1. The number of aromatic hydroxyl groups is 1. The highest BCUT2D eigenvalue weighted by Gasteiger charge is 2.31. The number of nitrogens with zero attached hydrogens (tertiary/aromatic N) is 3. The van der Waals surface area contributed by atoms with E-state index in [2.05, 4.69) is 21.3 Å². The molecule has 1 aliphatic rings. The standard InChI is InChI=1S/C27H38F3N5O2/c1-6-18(2)23(33-21-8-7-12-35(16-21)17-25(37)34(5)13-11-31)14-19(3)26(32-4)22-10-9-20(15-24(22)36)27(28,29)30/h8-10,14-15,33,36H,6-7,11-13,16-17,31H2,1-5H3/b19-14-,23-18-,32-26?. The molecule has 0 atom stereocenters. The van der Waals surface area contributed by atoms with E-state index in [1.54, 1.807) is 18.9 Å². The zero-order valence-corrected chi connectivity index (χ0v) is 22.2. The summed E-state index contributed by atoms with van der Waals surface area (Å²) in [5.41, 5.74) is 8.80. The lowest BCUT2D eigenvalue weighted by Gasteiger charge is -2.29. The number of aliphatic imine (C=N–C) groups is 1. The summed E-state index contributed by atoms with van der Waals surface area (Å²) in [6, 6.07) is 2.89. The molecule has 1 heterocycles. The average Bonchev–Trinajstić information content (AvgIpc) is 2.84. The predicted octanol–water partition coefficient (Wildman–Crippen LogP) is 4.06. The number of allylic oxidation sites excluding steroid dienone is 3. The van der Waals surface area contributed by atoms with Gasteiger partial charge in [0.15, 0.2) is 0 Å². The average molecular weight is 522 g/mol. The molecule has 0 bridgehead atoms. The summed E-state index contributed by atoms with van der Waals surface area (Å²) in [6.07, 6.45) is 1.01. The molecule has 7 nitrogen and oxygen atoms in total. The number of benzene rings is 1. The monoisotopic (exact) mass is 521 g/mol. The van der Waals surface area contributed by atoms with Gasteiger partial charge in [-0.1, -0.05) is 18.6 Å². The fourth-order valence-corrected chi connectivity index (χ4v) is 3.99. The number of halogens is 3. The fourth-order valence-electron chi connectivity index (χ4n) is 3.99. The third kappa shape index (κ3) is 8.46. The molecule has 204 valence electrons. The zero-order valence-electron chi connectivity index (χ0n) is 22.2. The summed E-state index contributed by atoms with van der Waals surface area (Å²) < 4.78 is 39.1. The van der Waals surface area contributed by atoms with E-state index in [-0.39, 0.29) is 11.5 Å². The van der Waals surface area contributed by atoms with Crippen molar-refractivity contribution in [1.29, 1.82) is 0 Å². The summed E-state index contributed by atoms with van der Waals surface area (Å²) >= 11 is 0. The van der Waals surface area contributed by atoms with Crippen LogP contribution in [0, 0.1) is 0 Å². The van der Waals surface area contributed by atoms with Gasteiger partial charge in [-0.05, 0) is 56.5 Å². The molecule has 4 N–H and O–H groups in total. The third-order valence-corrected chi connectivity index (χ3v) is 6.30. The number of alkyl halides is 3. The maximum Gasteiger partial charge on any atom is 0.416 e. The Bertz CT molecular complexity index is 1090. The van der Waals surface area contributed by atoms with Crippen molar-refractivity contribution < 1.29 is 23.1 Å². The van der Waals surface area contributed by atoms with Crippen molar-refractivity contribution in [2.45, 2.75) is 39.8 Å². The summed E-state index contributed by atoms with van der Waals surface area (Å²) in [7, 11) is 3.28. The largest absolute Gasteiger partial charge is 0.507 e. The Balaban J connectivity index is 2.25. The summed E-state index contributed by atoms with van der Waals surface area (Å²) in [5, 5.41) is 13.8. The first kappa shape index (κ1) is 30.1. The molecule has 1 aromatic carbocycles. The van der Waals surface area contributed by atoms with Crippen LogP contribution < -0.4 is 11.1 Å². The third-order valence-electron chi connectivity index (χ3n) is 6.30. The van der Waals surface area contributed by atoms with Gasteiger partial charge in [-0.25, -0.2) is 0 Å². The summed E-state index contributed by atoms with van der Waals surface area (Å²) in [5.74, 6) is -0.466. The number of nitrogens with one attached hydrogen (secondary N) is 1. The SMILES string of the molecule is CC/C(C)=C(/C=C(/C)C(=NC)c1ccc(C(F)(F)F)cc1O)NC1=CCCN(CC(=O)N(C)CCN)C1. The van der Waals surface area contributed by atoms with E-state index < -0.39 is 17.5 Å². The van der Waals surface area contributed by atoms with E-state index in [1.165, 1.54) is 13.1 Å². The Morgan fingerprint density at radius 3 is 2.59 bits per heavy atom. The maximum absolute atomic E-state index is 13.0. The van der Waals surface area contributed by atoms with Crippen molar-refractivity contribution in [1.82, 2.24) is 15.1 Å². The van der Waals surface area contributed by atoms with E-state index >= 15 is 0 Å². The molecule has 0 saturated carbocycles. The van der Waals surface area contributed by atoms with Gasteiger partial charge in [0.05, 0.1) is 17.8 Å². The van der Waals surface area contributed by atoms with Gasteiger partial charge < -0.3 is 21.1 Å². The smallest absolute Gasteiger partial charge is 0.416 e. The molecule has 0 radical (unpaired) electrons. The summed E-state index contributed by atoms with van der Waals surface area (Å²) in [6.45, 7) is 8.40. The maximum atomic E-state index is 13.0. The molecule has 1 aliphatic heterocycles. The highest BCUT2D eigenvalue weighted by molar-refractivity contribution is 6.14. The molecule has 0 unspecified atom stereocenters. The molecule has 1 amide bonds. The molecule has 0 saturated heterocycles. The van der Waals surface area contributed by atoms with Crippen molar-refractivity contribution in [3.63, 3.8) is 0 Å². The molecular formula is C27H38F3N5O2. The van der Waals surface area contributed by atoms with Crippen LogP contribution >= 0.6 is 0 Å². The lowest BCUT2D eigenvalue weighted by molar-refractivity contribution is -0.137. The minimum Gasteiger partial charge on any atom is -0.507 e. The molecule has 10 heteroatoms. The van der Waals surface area contributed by atoms with Crippen LogP contribution in [0.4, 0.5) is 13.2 Å². The number of hydrogen-bond donors (Lipinski definition) is 3. The Morgan fingerprint density at radius 1 is 1.32 bits per heavy atom. The van der Waals surface area contributed by atoms with Gasteiger partial charge in [-0.3, -0.25) is 14.7 Å². The number of amides is 1. The van der Waals surface area contributed by atoms with Crippen LogP contribution in [0.2, 0.25) is 0 Å². The minimum atomic E-state index is -4.55. The van der Waals surface area contributed by atoms with Crippen LogP contribution in [-0.4, -0.2) is 73.3 Å². The molecule has 0 aliphatic carbocycles. The zero-order chi connectivity index (χ0) is 27.8. The van der Waals surface area contributed by atoms with Crippen molar-refractivity contribution in [3.8, 4) is 5.75 Å². The second kappa shape index (κ2) is 13.4. The van der Waals surface area contributed by atoms with Crippen LogP contribution in [0.1, 0.15) is 44.7 Å². The van der Waals surface area contributed by atoms with Gasteiger partial charge in [0.25, 0.3) is 0 Å². The van der Waals surface area contributed by atoms with E-state index in [0.717, 1.165) is 42.4 Å². The highest BCUT2D eigenvalue weighted by atomic mass is 19.4. The highest BCUT2D eigenvalue weighted by Crippen LogP contribution is 2.33. The van der Waals surface area contributed by atoms with Crippen LogP contribution in [-0.2, 0) is 11.0 Å². The minimum absolute atomic E-state index is 0.0168. The van der Waals surface area contributed by atoms with Gasteiger partial charge in [0.1, 0.15) is 5.75 Å². The van der Waals surface area contributed by atoms with Crippen LogP contribution in [0.5, 0.6) is 5.75 Å². The van der Waals surface area contributed by atoms with Gasteiger partial charge in [-0.2, -0.15) is 13.2 Å². The van der Waals surface area contributed by atoms with E-state index in [4.69, 9.17) is 5.73 Å². The first-order valence-corrected chi connectivity index (χ1v) is 12.3. The lowest BCUT2D eigenvalue weighted by Crippen LogP contribution is -2.43. The number of hydrogen-bond acceptors (Lipinski definition) is 6. The molecular weight excluding hydrogens is 483 g/mol. The van der Waals surface area contributed by atoms with Crippen LogP contribution in [0.3, 0.4) is 0 Å². The summed E-state index contributed by atoms with van der Waals surface area (Å²) in [4.78, 5) is 20.4. The Kier molecular flexibility index (Phi) is 10.9. The Morgan fingerprint density at radius 2 is 2.03 bits per heavy atom. The van der Waals surface area contributed by atoms with E-state index in [0.29, 0.717) is 43.5 Å². The molecule has 2 rings (SSSR count). The molecule has 1 aromatic rings. The second-order valence-corrected chi connectivity index (χ2v) is 9.13. The number of nitrogens with two attached hydrogens (primary N) is 1. The quantitative estimate of drug-likeness (QED) is 0.319. The molecule has 0 spiro atoms. The van der Waals surface area contributed by atoms with Gasteiger partial charge in [0, 0.05) is 57.2 Å². The van der Waals surface area contributed by atoms with Gasteiger partial charge in [-0.15, -0.1) is 0 Å². The van der Waals surface area contributed by atoms with Crippen molar-refractivity contribution in [3.05, 3.63) is 64.0 Å². The molecule has 0 fully saturated rings. The van der Waals surface area contributed by atoms with Crippen molar-refractivity contribution in [2.75, 3.05) is 46.8 Å². The number of rotatable bonds is 10. The number of phenolic OH excluding ortho intramolecular Hbond substituents is 1. The predicted molar refractivity (Wildman–Crippen MR) is 141 cm³/mol. The fraction of sp³-hybridized carbons (Fsp3) is 0.481. The molecule has 37 heavy (non-hydrogen) atoms. The Labute approximate surface area is 217 Å². The normalized spacial score (nSPS) is 16.3. The lowest BCUT2D eigenvalue weighted by atomic mass is 9.98. The van der Waals surface area contributed by atoms with Crippen molar-refractivity contribution >= 4 is 11.6 Å². The molecule has 0 aromatic heterocycles. The number of carbonyl (C=O) groups excluding carboxylic acids is 1. The van der Waals surface area contributed by atoms with Crippen molar-refractivity contribution in [2.24, 2.45) is 10.7 Å². The van der Waals surface area contributed by atoms with Gasteiger partial charge in [0.2, 0.25) is 5.91 Å².